The molecular formula is C31H46ClN3O3. The van der Waals surface area contributed by atoms with Crippen molar-refractivity contribution in [2.75, 3.05) is 40.3 Å². The van der Waals surface area contributed by atoms with E-state index in [1.165, 1.54) is 37.7 Å². The van der Waals surface area contributed by atoms with Gasteiger partial charge in [-0.2, -0.15) is 0 Å². The zero-order valence-electron chi connectivity index (χ0n) is 23.8. The molecule has 1 aromatic rings. The molecule has 2 aliphatic heterocycles. The van der Waals surface area contributed by atoms with Crippen LogP contribution < -0.4 is 0 Å². The van der Waals surface area contributed by atoms with Crippen LogP contribution >= 0.6 is 11.6 Å². The lowest BCUT2D eigenvalue weighted by Crippen LogP contribution is -2.55. The van der Waals surface area contributed by atoms with E-state index in [4.69, 9.17) is 16.3 Å². The van der Waals surface area contributed by atoms with E-state index in [-0.39, 0.29) is 28.9 Å². The van der Waals surface area contributed by atoms with Crippen LogP contribution in [0.25, 0.3) is 0 Å². The second-order valence-corrected chi connectivity index (χ2v) is 13.8. The maximum Gasteiger partial charge on any atom is 0.410 e. The van der Waals surface area contributed by atoms with Crippen molar-refractivity contribution in [2.24, 2.45) is 17.3 Å². The number of rotatable bonds is 6. The minimum atomic E-state index is -0.275. The van der Waals surface area contributed by atoms with Crippen molar-refractivity contribution >= 4 is 23.6 Å². The molecule has 1 aromatic carbocycles. The highest BCUT2D eigenvalue weighted by atomic mass is 35.5. The van der Waals surface area contributed by atoms with E-state index in [0.717, 1.165) is 50.3 Å². The van der Waals surface area contributed by atoms with E-state index < -0.39 is 0 Å². The Hall–Kier alpha value is -1.79. The molecule has 0 bridgehead atoms. The standard InChI is InChI=1S/C31H46ClN3O3/c1-30(2)21-38-29(37)35(30)20-31(23-8-6-5-7-9-23)14-16-34(17-15-31)28(36)27-19-25(33(3)4)18-26(27)22-10-12-24(32)13-11-22/h10-13,23,25-27H,5-9,14-21H2,1-4H3/t25-,26-,27?/m0/s1. The molecule has 0 aromatic heterocycles. The van der Waals surface area contributed by atoms with Gasteiger partial charge in [-0.15, -0.1) is 0 Å². The average molecular weight is 544 g/mol. The summed E-state index contributed by atoms with van der Waals surface area (Å²) < 4.78 is 5.48. The van der Waals surface area contributed by atoms with Crippen LogP contribution in [0, 0.1) is 17.3 Å². The van der Waals surface area contributed by atoms with Crippen LogP contribution in [-0.4, -0.2) is 78.6 Å². The predicted octanol–water partition coefficient (Wildman–Crippen LogP) is 6.18. The Bertz CT molecular complexity index is 996. The first-order valence-electron chi connectivity index (χ1n) is 14.7. The van der Waals surface area contributed by atoms with Gasteiger partial charge in [-0.3, -0.25) is 9.69 Å². The van der Waals surface area contributed by atoms with Crippen LogP contribution in [0.1, 0.15) is 83.1 Å². The maximum atomic E-state index is 14.1. The minimum Gasteiger partial charge on any atom is -0.447 e. The van der Waals surface area contributed by atoms with Crippen molar-refractivity contribution in [3.05, 3.63) is 34.9 Å². The van der Waals surface area contributed by atoms with Gasteiger partial charge in [-0.25, -0.2) is 4.79 Å². The van der Waals surface area contributed by atoms with Crippen LogP contribution in [0.5, 0.6) is 0 Å². The predicted molar refractivity (Wildman–Crippen MR) is 151 cm³/mol. The van der Waals surface area contributed by atoms with Gasteiger partial charge < -0.3 is 14.5 Å². The van der Waals surface area contributed by atoms with Crippen molar-refractivity contribution in [3.63, 3.8) is 0 Å². The first-order chi connectivity index (χ1) is 18.1. The monoisotopic (exact) mass is 543 g/mol. The second-order valence-electron chi connectivity index (χ2n) is 13.3. The number of benzene rings is 1. The summed E-state index contributed by atoms with van der Waals surface area (Å²) in [5, 5.41) is 0.735. The van der Waals surface area contributed by atoms with Crippen LogP contribution in [-0.2, 0) is 9.53 Å². The van der Waals surface area contributed by atoms with Crippen molar-refractivity contribution in [3.8, 4) is 0 Å². The summed E-state index contributed by atoms with van der Waals surface area (Å²) in [6.45, 7) is 7.01. The van der Waals surface area contributed by atoms with E-state index in [2.05, 4.69) is 49.9 Å². The Morgan fingerprint density at radius 2 is 1.71 bits per heavy atom. The van der Waals surface area contributed by atoms with E-state index >= 15 is 0 Å². The van der Waals surface area contributed by atoms with Gasteiger partial charge in [-0.1, -0.05) is 43.0 Å². The number of halogens is 1. The number of carbonyl (C=O) groups excluding carboxylic acids is 2. The SMILES string of the molecule is CN(C)[C@@H]1CC(C(=O)N2CCC(CN3C(=O)OCC3(C)C)(C3CCCCC3)CC2)[C@H](c2ccc(Cl)cc2)C1. The second kappa shape index (κ2) is 11.0. The first-order valence-corrected chi connectivity index (χ1v) is 15.1. The molecule has 2 aliphatic carbocycles. The summed E-state index contributed by atoms with van der Waals surface area (Å²) in [6.07, 6.45) is 10.0. The molecule has 1 unspecified atom stereocenters. The van der Waals surface area contributed by atoms with Crippen LogP contribution in [0.15, 0.2) is 24.3 Å². The lowest BCUT2D eigenvalue weighted by atomic mass is 9.63. The number of hydrogen-bond acceptors (Lipinski definition) is 4. The minimum absolute atomic E-state index is 0.00162. The third-order valence-electron chi connectivity index (χ3n) is 10.4. The zero-order valence-corrected chi connectivity index (χ0v) is 24.5. The molecule has 0 spiro atoms. The van der Waals surface area contributed by atoms with Gasteiger partial charge in [0.15, 0.2) is 0 Å². The van der Waals surface area contributed by atoms with E-state index in [1.54, 1.807) is 0 Å². The Morgan fingerprint density at radius 1 is 1.05 bits per heavy atom. The smallest absolute Gasteiger partial charge is 0.410 e. The number of amides is 2. The van der Waals surface area contributed by atoms with Gasteiger partial charge in [0.1, 0.15) is 6.61 Å². The van der Waals surface area contributed by atoms with E-state index in [0.29, 0.717) is 24.5 Å². The van der Waals surface area contributed by atoms with Crippen molar-refractivity contribution in [1.29, 1.82) is 0 Å². The molecule has 38 heavy (non-hydrogen) atoms. The van der Waals surface area contributed by atoms with Gasteiger partial charge in [0, 0.05) is 36.6 Å². The fourth-order valence-electron chi connectivity index (χ4n) is 7.84. The molecule has 2 saturated carbocycles. The number of carbonyl (C=O) groups is 2. The summed E-state index contributed by atoms with van der Waals surface area (Å²) in [5.41, 5.74) is 1.01. The van der Waals surface area contributed by atoms with Crippen LogP contribution in [0.2, 0.25) is 5.02 Å². The Balaban J connectivity index is 1.33. The number of likely N-dealkylation sites (tertiary alicyclic amines) is 1. The number of nitrogens with zero attached hydrogens (tertiary/aromatic N) is 3. The molecule has 210 valence electrons. The fourth-order valence-corrected chi connectivity index (χ4v) is 7.96. The number of hydrogen-bond donors (Lipinski definition) is 0. The van der Waals surface area contributed by atoms with Crippen molar-refractivity contribution < 1.29 is 14.3 Å². The summed E-state index contributed by atoms with van der Waals surface area (Å²) in [5.74, 6) is 1.15. The van der Waals surface area contributed by atoms with E-state index in [9.17, 15) is 9.59 Å². The maximum absolute atomic E-state index is 14.1. The Kier molecular flexibility index (Phi) is 8.04. The lowest BCUT2D eigenvalue weighted by molar-refractivity contribution is -0.139. The van der Waals surface area contributed by atoms with Gasteiger partial charge in [0.2, 0.25) is 5.91 Å². The average Bonchev–Trinajstić information content (AvgIpc) is 3.47. The molecule has 2 amide bonds. The summed E-state index contributed by atoms with van der Waals surface area (Å²) in [7, 11) is 4.25. The topological polar surface area (TPSA) is 53.1 Å². The van der Waals surface area contributed by atoms with Crippen LogP contribution in [0.3, 0.4) is 0 Å². The quantitative estimate of drug-likeness (QED) is 0.429. The molecule has 7 heteroatoms. The highest BCUT2D eigenvalue weighted by Crippen LogP contribution is 2.49. The molecule has 6 nitrogen and oxygen atoms in total. The third kappa shape index (κ3) is 5.45. The zero-order chi connectivity index (χ0) is 27.1. The van der Waals surface area contributed by atoms with Gasteiger partial charge in [-0.05, 0) is 101 Å². The number of ether oxygens (including phenoxy) is 1. The van der Waals surface area contributed by atoms with Crippen LogP contribution in [0.4, 0.5) is 4.79 Å². The third-order valence-corrected chi connectivity index (χ3v) is 10.7. The molecule has 5 rings (SSSR count). The van der Waals surface area contributed by atoms with Crippen molar-refractivity contribution in [2.45, 2.75) is 89.1 Å². The van der Waals surface area contributed by atoms with Crippen molar-refractivity contribution in [1.82, 2.24) is 14.7 Å². The summed E-state index contributed by atoms with van der Waals surface area (Å²) in [4.78, 5) is 33.3. The highest BCUT2D eigenvalue weighted by Gasteiger charge is 2.50. The molecule has 2 saturated heterocycles. The Labute approximate surface area is 234 Å². The number of piperidine rings is 1. The summed E-state index contributed by atoms with van der Waals surface area (Å²) >= 11 is 6.18. The normalized spacial score (nSPS) is 29.6. The number of cyclic esters (lactones) is 1. The molecule has 4 fully saturated rings. The molecule has 0 radical (unpaired) electrons. The Morgan fingerprint density at radius 3 is 2.29 bits per heavy atom. The summed E-state index contributed by atoms with van der Waals surface area (Å²) in [6, 6.07) is 8.51. The van der Waals surface area contributed by atoms with Gasteiger partial charge in [0.25, 0.3) is 0 Å². The van der Waals surface area contributed by atoms with Gasteiger partial charge >= 0.3 is 6.09 Å². The largest absolute Gasteiger partial charge is 0.447 e. The highest BCUT2D eigenvalue weighted by molar-refractivity contribution is 6.30. The molecule has 4 aliphatic rings. The molecular weight excluding hydrogens is 498 g/mol. The lowest BCUT2D eigenvalue weighted by Gasteiger charge is -2.51. The van der Waals surface area contributed by atoms with Gasteiger partial charge in [0.05, 0.1) is 5.54 Å². The first kappa shape index (κ1) is 27.8. The fraction of sp³-hybridized carbons (Fsp3) is 0.742. The molecule has 0 N–H and O–H groups in total. The van der Waals surface area contributed by atoms with E-state index in [1.807, 2.05) is 17.0 Å². The molecule has 2 heterocycles. The molecule has 3 atom stereocenters.